The molecule has 0 saturated heterocycles. The summed E-state index contributed by atoms with van der Waals surface area (Å²) in [5, 5.41) is 0. The summed E-state index contributed by atoms with van der Waals surface area (Å²) in [6, 6.07) is 0. The second-order valence-corrected chi connectivity index (χ2v) is 21.7. The number of carbonyl (C=O) groups is 2. The van der Waals surface area contributed by atoms with Crippen LogP contribution in [0, 0.1) is 0 Å². The third-order valence-corrected chi connectivity index (χ3v) is 13.6. The molecule has 2 unspecified atom stereocenters. The van der Waals surface area contributed by atoms with Crippen LogP contribution in [0.4, 0.5) is 0 Å². The zero-order valence-corrected chi connectivity index (χ0v) is 44.2. The fourth-order valence-electron chi connectivity index (χ4n) is 8.31. The molecule has 0 amide bonds. The van der Waals surface area contributed by atoms with E-state index in [1.165, 1.54) is 218 Å². The van der Waals surface area contributed by atoms with Crippen LogP contribution in [0.2, 0.25) is 0 Å². The lowest BCUT2D eigenvalue weighted by Gasteiger charge is -2.28. The molecule has 0 bridgehead atoms. The Balaban J connectivity index is 4.14. The Labute approximate surface area is 397 Å². The summed E-state index contributed by atoms with van der Waals surface area (Å²) in [5.74, 6) is -0.810. The molecule has 0 aliphatic carbocycles. The van der Waals surface area contributed by atoms with Crippen molar-refractivity contribution in [1.29, 1.82) is 0 Å². The molecule has 0 aromatic carbocycles. The Hall–Kier alpha value is -0.990. The van der Waals surface area contributed by atoms with Crippen molar-refractivity contribution < 1.29 is 42.1 Å². The van der Waals surface area contributed by atoms with Gasteiger partial charge in [0.05, 0.1) is 27.7 Å². The van der Waals surface area contributed by atoms with Gasteiger partial charge in [0.25, 0.3) is 7.82 Å². The van der Waals surface area contributed by atoms with E-state index in [0.717, 1.165) is 32.1 Å². The summed E-state index contributed by atoms with van der Waals surface area (Å²) < 4.78 is 34.1. The molecule has 2 atom stereocenters. The molecule has 0 N–H and O–H groups in total. The van der Waals surface area contributed by atoms with Crippen molar-refractivity contribution in [2.24, 2.45) is 0 Å². The van der Waals surface area contributed by atoms with Crippen LogP contribution >= 0.6 is 7.82 Å². The first-order valence-electron chi connectivity index (χ1n) is 27.7. The highest BCUT2D eigenvalue weighted by Crippen LogP contribution is 2.38. The van der Waals surface area contributed by atoms with Crippen LogP contribution in [0.3, 0.4) is 0 Å². The molecule has 0 saturated carbocycles. The molecule has 0 spiro atoms. The van der Waals surface area contributed by atoms with Crippen LogP contribution in [0.25, 0.3) is 0 Å². The third-order valence-electron chi connectivity index (χ3n) is 12.6. The van der Waals surface area contributed by atoms with Crippen LogP contribution in [-0.4, -0.2) is 70.0 Å². The maximum absolute atomic E-state index is 12.8. The smallest absolute Gasteiger partial charge is 0.306 e. The van der Waals surface area contributed by atoms with E-state index in [2.05, 4.69) is 13.8 Å². The lowest BCUT2D eigenvalue weighted by molar-refractivity contribution is -0.870. The van der Waals surface area contributed by atoms with Crippen LogP contribution < -0.4 is 4.89 Å². The molecule has 0 aromatic heterocycles. The van der Waals surface area contributed by atoms with E-state index in [0.29, 0.717) is 17.4 Å². The van der Waals surface area contributed by atoms with Gasteiger partial charge in [-0.1, -0.05) is 258 Å². The van der Waals surface area contributed by atoms with Gasteiger partial charge in [-0.05, 0) is 12.8 Å². The standard InChI is InChI=1S/C54H108NO8P/c1-6-8-10-12-14-16-18-20-22-24-26-27-29-31-33-35-37-39-41-43-45-47-54(57)63-52(51-62-64(58,59)61-49-48-55(3,4)5)50-60-53(56)46-44-42-40-38-36-34-32-30-28-25-23-21-19-17-15-13-11-9-7-2/h52H,6-51H2,1-5H3. The summed E-state index contributed by atoms with van der Waals surface area (Å²) in [7, 11) is 1.19. The third kappa shape index (κ3) is 50.4. The second-order valence-electron chi connectivity index (χ2n) is 20.3. The number of phosphoric acid groups is 1. The fourth-order valence-corrected chi connectivity index (χ4v) is 9.03. The van der Waals surface area contributed by atoms with Crippen molar-refractivity contribution in [3.63, 3.8) is 0 Å². The number of phosphoric ester groups is 1. The largest absolute Gasteiger partial charge is 0.756 e. The number of likely N-dealkylation sites (N-methyl/N-ethyl adjacent to an activating group) is 1. The van der Waals surface area contributed by atoms with Crippen LogP contribution in [0.5, 0.6) is 0 Å². The van der Waals surface area contributed by atoms with Gasteiger partial charge in [0.2, 0.25) is 0 Å². The van der Waals surface area contributed by atoms with E-state index in [9.17, 15) is 19.0 Å². The number of unbranched alkanes of at least 4 members (excludes halogenated alkanes) is 38. The number of ether oxygens (including phenoxy) is 2. The molecular formula is C54H108NO8P. The predicted octanol–water partition coefficient (Wildman–Crippen LogP) is 16.1. The molecule has 0 radical (unpaired) electrons. The fraction of sp³-hybridized carbons (Fsp3) is 0.963. The van der Waals surface area contributed by atoms with Crippen LogP contribution in [0.1, 0.15) is 284 Å². The maximum Gasteiger partial charge on any atom is 0.306 e. The molecule has 0 aliphatic heterocycles. The van der Waals surface area contributed by atoms with Gasteiger partial charge in [-0.25, -0.2) is 0 Å². The molecule has 0 aromatic rings. The van der Waals surface area contributed by atoms with Gasteiger partial charge in [-0.2, -0.15) is 0 Å². The van der Waals surface area contributed by atoms with E-state index in [1.54, 1.807) is 0 Å². The van der Waals surface area contributed by atoms with Crippen molar-refractivity contribution in [1.82, 2.24) is 0 Å². The first-order chi connectivity index (χ1) is 31.0. The maximum atomic E-state index is 12.8. The number of carbonyl (C=O) groups excluding carboxylic acids is 2. The average molecular weight is 930 g/mol. The first-order valence-corrected chi connectivity index (χ1v) is 29.2. The summed E-state index contributed by atoms with van der Waals surface area (Å²) in [5.41, 5.74) is 0. The minimum Gasteiger partial charge on any atom is -0.756 e. The molecule has 10 heteroatoms. The molecule has 0 heterocycles. The van der Waals surface area contributed by atoms with E-state index in [4.69, 9.17) is 18.5 Å². The summed E-state index contributed by atoms with van der Waals surface area (Å²) in [6.07, 6.45) is 51.4. The quantitative estimate of drug-likeness (QED) is 0.0257. The molecule has 9 nitrogen and oxygen atoms in total. The number of quaternary nitrogens is 1. The highest BCUT2D eigenvalue weighted by atomic mass is 31.2. The molecule has 64 heavy (non-hydrogen) atoms. The molecule has 382 valence electrons. The lowest BCUT2D eigenvalue weighted by atomic mass is 10.0. The predicted molar refractivity (Wildman–Crippen MR) is 269 cm³/mol. The Morgan fingerprint density at radius 2 is 0.703 bits per heavy atom. The normalized spacial score (nSPS) is 13.3. The number of rotatable bonds is 52. The average Bonchev–Trinajstić information content (AvgIpc) is 3.25. The summed E-state index contributed by atoms with van der Waals surface area (Å²) >= 11 is 0. The Kier molecular flexibility index (Phi) is 46.4. The monoisotopic (exact) mass is 930 g/mol. The SMILES string of the molecule is CCCCCCCCCCCCCCCCCCCCCCCC(=O)OC(COC(=O)CCCCCCCCCCCCCCCCCCCCC)COP(=O)([O-])OCC[N+](C)(C)C. The zero-order valence-electron chi connectivity index (χ0n) is 43.3. The van der Waals surface area contributed by atoms with E-state index in [-0.39, 0.29) is 32.0 Å². The van der Waals surface area contributed by atoms with Gasteiger partial charge < -0.3 is 27.9 Å². The second kappa shape index (κ2) is 47.1. The van der Waals surface area contributed by atoms with Crippen molar-refractivity contribution in [3.8, 4) is 0 Å². The minimum absolute atomic E-state index is 0.0252. The van der Waals surface area contributed by atoms with E-state index >= 15 is 0 Å². The molecule has 0 fully saturated rings. The summed E-state index contributed by atoms with van der Waals surface area (Å²) in [4.78, 5) is 37.8. The van der Waals surface area contributed by atoms with Gasteiger partial charge >= 0.3 is 11.9 Å². The number of nitrogens with zero attached hydrogens (tertiary/aromatic N) is 1. The van der Waals surface area contributed by atoms with Gasteiger partial charge in [-0.3, -0.25) is 14.2 Å². The van der Waals surface area contributed by atoms with Crippen molar-refractivity contribution >= 4 is 19.8 Å². The lowest BCUT2D eigenvalue weighted by Crippen LogP contribution is -2.37. The summed E-state index contributed by atoms with van der Waals surface area (Å²) in [6.45, 7) is 4.31. The number of hydrogen-bond donors (Lipinski definition) is 0. The van der Waals surface area contributed by atoms with Gasteiger partial charge in [0.15, 0.2) is 6.10 Å². The molecular weight excluding hydrogens is 822 g/mol. The zero-order chi connectivity index (χ0) is 47.1. The Morgan fingerprint density at radius 3 is 1.00 bits per heavy atom. The van der Waals surface area contributed by atoms with Crippen LogP contribution in [0.15, 0.2) is 0 Å². The Bertz CT molecular complexity index is 1050. The van der Waals surface area contributed by atoms with Crippen molar-refractivity contribution in [3.05, 3.63) is 0 Å². The molecule has 0 aliphatic rings. The highest BCUT2D eigenvalue weighted by Gasteiger charge is 2.22. The van der Waals surface area contributed by atoms with E-state index < -0.39 is 26.5 Å². The van der Waals surface area contributed by atoms with Crippen molar-refractivity contribution in [2.75, 3.05) is 47.5 Å². The van der Waals surface area contributed by atoms with Crippen LogP contribution in [-0.2, 0) is 32.7 Å². The Morgan fingerprint density at radius 1 is 0.422 bits per heavy atom. The first kappa shape index (κ1) is 63.0. The van der Waals surface area contributed by atoms with Crippen molar-refractivity contribution in [2.45, 2.75) is 290 Å². The van der Waals surface area contributed by atoms with Gasteiger partial charge in [0.1, 0.15) is 19.8 Å². The highest BCUT2D eigenvalue weighted by molar-refractivity contribution is 7.45. The van der Waals surface area contributed by atoms with Gasteiger partial charge in [0, 0.05) is 12.8 Å². The number of esters is 2. The molecule has 0 rings (SSSR count). The van der Waals surface area contributed by atoms with E-state index in [1.807, 2.05) is 21.1 Å². The minimum atomic E-state index is -4.62. The topological polar surface area (TPSA) is 111 Å². The number of hydrogen-bond acceptors (Lipinski definition) is 8. The van der Waals surface area contributed by atoms with Gasteiger partial charge in [-0.15, -0.1) is 0 Å².